The van der Waals surface area contributed by atoms with E-state index in [0.717, 1.165) is 32.1 Å². The number of halogens is 3. The minimum Gasteiger partial charge on any atom is -0.405 e. The van der Waals surface area contributed by atoms with E-state index in [1.165, 1.54) is 30.8 Å². The van der Waals surface area contributed by atoms with E-state index in [2.05, 4.69) is 31.4 Å². The Hall–Kier alpha value is -3.06. The summed E-state index contributed by atoms with van der Waals surface area (Å²) in [6.07, 6.45) is 3.38. The van der Waals surface area contributed by atoms with Crippen LogP contribution < -0.4 is 21.1 Å². The molecule has 4 aliphatic rings. The van der Waals surface area contributed by atoms with Crippen molar-refractivity contribution < 1.29 is 17.9 Å². The summed E-state index contributed by atoms with van der Waals surface area (Å²) in [5, 5.41) is 15.8. The number of hydrogen-bond donors (Lipinski definition) is 3. The Bertz CT molecular complexity index is 1100. The van der Waals surface area contributed by atoms with Gasteiger partial charge in [-0.3, -0.25) is 0 Å². The van der Waals surface area contributed by atoms with Crippen LogP contribution in [0.25, 0.3) is 0 Å². The molecule has 34 heavy (non-hydrogen) atoms. The maximum absolute atomic E-state index is 12.7. The third kappa shape index (κ3) is 4.75. The van der Waals surface area contributed by atoms with Crippen molar-refractivity contribution in [2.45, 2.75) is 57.0 Å². The summed E-state index contributed by atoms with van der Waals surface area (Å²) < 4.78 is 42.2. The van der Waals surface area contributed by atoms with Gasteiger partial charge in [0.05, 0.1) is 6.20 Å². The number of hydrogen-bond acceptors (Lipinski definition) is 7. The molecule has 0 amide bonds. The molecule has 6 rings (SSSR count). The van der Waals surface area contributed by atoms with E-state index < -0.39 is 6.36 Å². The molecule has 4 aliphatic carbocycles. The van der Waals surface area contributed by atoms with E-state index in [-0.39, 0.29) is 29.2 Å². The Balaban J connectivity index is 1.28. The van der Waals surface area contributed by atoms with Gasteiger partial charge >= 0.3 is 6.36 Å². The Morgan fingerprint density at radius 3 is 2.56 bits per heavy atom. The number of anilines is 2. The lowest BCUT2D eigenvalue weighted by molar-refractivity contribution is -0.274. The van der Waals surface area contributed by atoms with Gasteiger partial charge < -0.3 is 21.1 Å². The first-order valence-electron chi connectivity index (χ1n) is 11.5. The molecule has 4 saturated carbocycles. The molecule has 180 valence electrons. The van der Waals surface area contributed by atoms with Crippen LogP contribution in [-0.4, -0.2) is 28.4 Å². The molecule has 1 aromatic heterocycles. The van der Waals surface area contributed by atoms with E-state index in [0.29, 0.717) is 35.3 Å². The van der Waals surface area contributed by atoms with E-state index in [4.69, 9.17) is 5.73 Å². The summed E-state index contributed by atoms with van der Waals surface area (Å²) in [5.41, 5.74) is 7.37. The van der Waals surface area contributed by atoms with Gasteiger partial charge in [-0.25, -0.2) is 4.98 Å². The standard InChI is InChI=1S/C24H27F3N6O/c25-24(26,27)34-19-4-2-1-3-17(19)11-30-21-31-12-18(10-28)20(33-21)32-14-22-6-15-5-16(7-22)9-23(29,8-15)13-22/h1-4,12,15-16H,5-9,11,13-14,29H2,(H2,30,31,32,33)/t15-,16?,22?,23?/m0/s1. The number of nitrogens with two attached hydrogens (primary N) is 1. The fourth-order valence-corrected chi connectivity index (χ4v) is 6.74. The SMILES string of the molecule is N#Cc1cnc(NCc2ccccc2OC(F)(F)F)nc1NCC12CC3C[C@H](CC(N)(C3)C1)C2. The number of aromatic nitrogens is 2. The fourth-order valence-electron chi connectivity index (χ4n) is 6.74. The summed E-state index contributed by atoms with van der Waals surface area (Å²) in [6, 6.07) is 8.00. The molecule has 1 heterocycles. The Kier molecular flexibility index (Phi) is 5.55. The molecule has 0 spiro atoms. The van der Waals surface area contributed by atoms with Crippen molar-refractivity contribution in [2.24, 2.45) is 23.0 Å². The minimum absolute atomic E-state index is 0.0284. The van der Waals surface area contributed by atoms with E-state index in [1.807, 2.05) is 0 Å². The second kappa shape index (κ2) is 8.31. The molecule has 0 radical (unpaired) electrons. The van der Waals surface area contributed by atoms with Gasteiger partial charge in [0.15, 0.2) is 0 Å². The van der Waals surface area contributed by atoms with Crippen LogP contribution in [0.5, 0.6) is 5.75 Å². The smallest absolute Gasteiger partial charge is 0.405 e. The van der Waals surface area contributed by atoms with Crippen molar-refractivity contribution in [3.8, 4) is 11.8 Å². The number of nitrogens with zero attached hydrogens (tertiary/aromatic N) is 3. The number of para-hydroxylation sites is 1. The summed E-state index contributed by atoms with van der Waals surface area (Å²) in [7, 11) is 0. The zero-order chi connectivity index (χ0) is 24.0. The Morgan fingerprint density at radius 2 is 1.88 bits per heavy atom. The van der Waals surface area contributed by atoms with Crippen molar-refractivity contribution in [2.75, 3.05) is 17.2 Å². The van der Waals surface area contributed by atoms with Crippen LogP contribution in [-0.2, 0) is 6.54 Å². The highest BCUT2D eigenvalue weighted by Crippen LogP contribution is 2.60. The van der Waals surface area contributed by atoms with Gasteiger partial charge in [0.25, 0.3) is 0 Å². The first kappa shape index (κ1) is 22.7. The summed E-state index contributed by atoms with van der Waals surface area (Å²) >= 11 is 0. The van der Waals surface area contributed by atoms with Crippen LogP contribution in [0, 0.1) is 28.6 Å². The molecule has 0 aliphatic heterocycles. The van der Waals surface area contributed by atoms with Gasteiger partial charge in [-0.15, -0.1) is 13.2 Å². The van der Waals surface area contributed by atoms with Crippen molar-refractivity contribution in [3.05, 3.63) is 41.6 Å². The Labute approximate surface area is 195 Å². The lowest BCUT2D eigenvalue weighted by atomic mass is 9.47. The maximum Gasteiger partial charge on any atom is 0.573 e. The first-order valence-corrected chi connectivity index (χ1v) is 11.5. The highest BCUT2D eigenvalue weighted by atomic mass is 19.4. The number of nitrogens with one attached hydrogen (secondary N) is 2. The van der Waals surface area contributed by atoms with Gasteiger partial charge in [0, 0.05) is 24.2 Å². The van der Waals surface area contributed by atoms with E-state index in [9.17, 15) is 18.4 Å². The number of nitriles is 1. The largest absolute Gasteiger partial charge is 0.573 e. The van der Waals surface area contributed by atoms with Crippen LogP contribution in [0.15, 0.2) is 30.5 Å². The predicted molar refractivity (Wildman–Crippen MR) is 120 cm³/mol. The molecule has 10 heteroatoms. The molecule has 4 atom stereocenters. The summed E-state index contributed by atoms with van der Waals surface area (Å²) in [6.45, 7) is 0.715. The number of alkyl halides is 3. The molecule has 3 unspecified atom stereocenters. The van der Waals surface area contributed by atoms with Crippen LogP contribution in [0.2, 0.25) is 0 Å². The molecular formula is C24H27F3N6O. The zero-order valence-electron chi connectivity index (χ0n) is 18.7. The molecule has 1 aromatic carbocycles. The molecule has 0 saturated heterocycles. The third-order valence-electron chi connectivity index (χ3n) is 7.40. The van der Waals surface area contributed by atoms with Crippen molar-refractivity contribution in [1.29, 1.82) is 5.26 Å². The van der Waals surface area contributed by atoms with Crippen molar-refractivity contribution >= 4 is 11.8 Å². The second-order valence-corrected chi connectivity index (χ2v) is 10.3. The van der Waals surface area contributed by atoms with Gasteiger partial charge in [0.1, 0.15) is 23.2 Å². The summed E-state index contributed by atoms with van der Waals surface area (Å²) in [4.78, 5) is 8.59. The Morgan fingerprint density at radius 1 is 1.15 bits per heavy atom. The third-order valence-corrected chi connectivity index (χ3v) is 7.40. The fraction of sp³-hybridized carbons (Fsp3) is 0.542. The molecule has 4 N–H and O–H groups in total. The van der Waals surface area contributed by atoms with Crippen LogP contribution in [0.3, 0.4) is 0 Å². The average Bonchev–Trinajstić information content (AvgIpc) is 2.74. The molecule has 4 fully saturated rings. The zero-order valence-corrected chi connectivity index (χ0v) is 18.7. The first-order chi connectivity index (χ1) is 16.1. The van der Waals surface area contributed by atoms with Crippen LogP contribution >= 0.6 is 0 Å². The molecular weight excluding hydrogens is 445 g/mol. The molecule has 4 bridgehead atoms. The predicted octanol–water partition coefficient (Wildman–Crippen LogP) is 4.57. The normalized spacial score (nSPS) is 29.5. The van der Waals surface area contributed by atoms with E-state index >= 15 is 0 Å². The second-order valence-electron chi connectivity index (χ2n) is 10.3. The topological polar surface area (TPSA) is 109 Å². The number of benzene rings is 1. The average molecular weight is 473 g/mol. The van der Waals surface area contributed by atoms with Crippen molar-refractivity contribution in [1.82, 2.24) is 9.97 Å². The van der Waals surface area contributed by atoms with Gasteiger partial charge in [0.2, 0.25) is 5.95 Å². The minimum atomic E-state index is -4.78. The van der Waals surface area contributed by atoms with Gasteiger partial charge in [-0.05, 0) is 61.8 Å². The molecule has 2 aromatic rings. The number of ether oxygens (including phenoxy) is 1. The van der Waals surface area contributed by atoms with Crippen LogP contribution in [0.1, 0.15) is 49.7 Å². The van der Waals surface area contributed by atoms with Gasteiger partial charge in [-0.1, -0.05) is 18.2 Å². The van der Waals surface area contributed by atoms with Crippen molar-refractivity contribution in [3.63, 3.8) is 0 Å². The molecule has 7 nitrogen and oxygen atoms in total. The highest BCUT2D eigenvalue weighted by Gasteiger charge is 2.56. The lowest BCUT2D eigenvalue weighted by Gasteiger charge is -2.61. The van der Waals surface area contributed by atoms with E-state index in [1.54, 1.807) is 6.07 Å². The maximum atomic E-state index is 12.7. The highest BCUT2D eigenvalue weighted by molar-refractivity contribution is 5.53. The van der Waals surface area contributed by atoms with Crippen LogP contribution in [0.4, 0.5) is 24.9 Å². The lowest BCUT2D eigenvalue weighted by Crippen LogP contribution is -2.61. The van der Waals surface area contributed by atoms with Gasteiger partial charge in [-0.2, -0.15) is 10.2 Å². The quantitative estimate of drug-likeness (QED) is 0.542. The monoisotopic (exact) mass is 472 g/mol. The summed E-state index contributed by atoms with van der Waals surface area (Å²) in [5.74, 6) is 1.69. The number of rotatable bonds is 7.